The van der Waals surface area contributed by atoms with Crippen LogP contribution >= 0.6 is 0 Å². The Balaban J connectivity index is 2.01. The largest absolute Gasteiger partial charge is 0.465 e. The Labute approximate surface area is 122 Å². The van der Waals surface area contributed by atoms with Gasteiger partial charge in [0.2, 0.25) is 0 Å². The average molecular weight is 293 g/mol. The fourth-order valence-corrected chi connectivity index (χ4v) is 2.92. The van der Waals surface area contributed by atoms with Crippen LogP contribution in [0.3, 0.4) is 0 Å². The van der Waals surface area contributed by atoms with Crippen molar-refractivity contribution in [3.05, 3.63) is 39.9 Å². The van der Waals surface area contributed by atoms with Crippen LogP contribution in [-0.4, -0.2) is 51.1 Å². The second kappa shape index (κ2) is 6.09. The van der Waals surface area contributed by atoms with Crippen molar-refractivity contribution < 1.29 is 14.8 Å². The Hall–Kier alpha value is -2.15. The van der Waals surface area contributed by atoms with E-state index in [4.69, 9.17) is 0 Å². The number of non-ortho nitro benzene ring substituents is 1. The van der Waals surface area contributed by atoms with E-state index in [-0.39, 0.29) is 17.8 Å². The van der Waals surface area contributed by atoms with Crippen molar-refractivity contribution >= 4 is 11.8 Å². The summed E-state index contributed by atoms with van der Waals surface area (Å²) in [4.78, 5) is 25.0. The molecule has 21 heavy (non-hydrogen) atoms. The normalized spacial score (nSPS) is 23.0. The second-order valence-corrected chi connectivity index (χ2v) is 5.51. The Morgan fingerprint density at radius 3 is 2.24 bits per heavy atom. The minimum atomic E-state index is -0.884. The monoisotopic (exact) mass is 293 g/mol. The highest BCUT2D eigenvalue weighted by atomic mass is 16.6. The molecule has 0 aromatic heterocycles. The van der Waals surface area contributed by atoms with E-state index in [2.05, 4.69) is 4.90 Å². The Kier molecular flexibility index (Phi) is 4.42. The molecule has 1 fully saturated rings. The molecule has 2 atom stereocenters. The van der Waals surface area contributed by atoms with Gasteiger partial charge in [-0.05, 0) is 19.4 Å². The summed E-state index contributed by atoms with van der Waals surface area (Å²) in [6.07, 6.45) is -0.884. The quantitative estimate of drug-likeness (QED) is 0.681. The molecule has 114 valence electrons. The number of hydrogen-bond acceptors (Lipinski definition) is 4. The molecule has 0 radical (unpaired) electrons. The minimum absolute atomic E-state index is 0.0655. The van der Waals surface area contributed by atoms with Crippen molar-refractivity contribution in [3.8, 4) is 0 Å². The molecule has 7 nitrogen and oxygen atoms in total. The van der Waals surface area contributed by atoms with Gasteiger partial charge in [0.05, 0.1) is 4.92 Å². The molecular formula is C14H19N3O4. The molecule has 7 heteroatoms. The first kappa shape index (κ1) is 15.2. The van der Waals surface area contributed by atoms with Crippen LogP contribution in [0.5, 0.6) is 0 Å². The average Bonchev–Trinajstić information content (AvgIpc) is 2.37. The SMILES string of the molecule is C[C@@H]1CN(Cc2ccc([N+](=O)[O-])cc2)C[C@H](C)N1C(=O)O. The molecule has 0 spiro atoms. The molecule has 2 rings (SSSR count). The van der Waals surface area contributed by atoms with E-state index in [1.54, 1.807) is 12.1 Å². The number of carbonyl (C=O) groups is 1. The summed E-state index contributed by atoms with van der Waals surface area (Å²) in [6.45, 7) is 5.78. The van der Waals surface area contributed by atoms with Gasteiger partial charge in [0.1, 0.15) is 0 Å². The van der Waals surface area contributed by atoms with Crippen molar-refractivity contribution in [2.75, 3.05) is 13.1 Å². The van der Waals surface area contributed by atoms with Crippen molar-refractivity contribution in [1.82, 2.24) is 9.80 Å². The molecule has 1 aliphatic heterocycles. The van der Waals surface area contributed by atoms with Gasteiger partial charge < -0.3 is 10.0 Å². The van der Waals surface area contributed by atoms with E-state index in [1.165, 1.54) is 17.0 Å². The van der Waals surface area contributed by atoms with Crippen LogP contribution in [0, 0.1) is 10.1 Å². The summed E-state index contributed by atoms with van der Waals surface area (Å²) in [5.74, 6) is 0. The Morgan fingerprint density at radius 2 is 1.81 bits per heavy atom. The van der Waals surface area contributed by atoms with E-state index < -0.39 is 11.0 Å². The van der Waals surface area contributed by atoms with Gasteiger partial charge in [-0.2, -0.15) is 0 Å². The number of hydrogen-bond donors (Lipinski definition) is 1. The molecule has 1 amide bonds. The number of benzene rings is 1. The van der Waals surface area contributed by atoms with Crippen LogP contribution in [0.4, 0.5) is 10.5 Å². The van der Waals surface area contributed by atoms with Crippen LogP contribution < -0.4 is 0 Å². The lowest BCUT2D eigenvalue weighted by Gasteiger charge is -2.42. The van der Waals surface area contributed by atoms with Crippen LogP contribution in [0.1, 0.15) is 19.4 Å². The number of carboxylic acid groups (broad SMARTS) is 1. The summed E-state index contributed by atoms with van der Waals surface area (Å²) in [7, 11) is 0. The number of nitrogens with zero attached hydrogens (tertiary/aromatic N) is 3. The maximum Gasteiger partial charge on any atom is 0.407 e. The summed E-state index contributed by atoms with van der Waals surface area (Å²) in [6, 6.07) is 6.35. The van der Waals surface area contributed by atoms with Gasteiger partial charge in [-0.15, -0.1) is 0 Å². The van der Waals surface area contributed by atoms with Gasteiger partial charge in [-0.25, -0.2) is 4.79 Å². The summed E-state index contributed by atoms with van der Waals surface area (Å²) >= 11 is 0. The highest BCUT2D eigenvalue weighted by molar-refractivity contribution is 5.66. The van der Waals surface area contributed by atoms with Gasteiger partial charge in [-0.1, -0.05) is 12.1 Å². The highest BCUT2D eigenvalue weighted by Crippen LogP contribution is 2.19. The van der Waals surface area contributed by atoms with Crippen molar-refractivity contribution in [3.63, 3.8) is 0 Å². The number of nitro groups is 1. The summed E-state index contributed by atoms with van der Waals surface area (Å²) < 4.78 is 0. The van der Waals surface area contributed by atoms with Gasteiger partial charge in [0.15, 0.2) is 0 Å². The zero-order chi connectivity index (χ0) is 15.6. The number of amides is 1. The topological polar surface area (TPSA) is 86.9 Å². The smallest absolute Gasteiger partial charge is 0.407 e. The van der Waals surface area contributed by atoms with Crippen molar-refractivity contribution in [2.45, 2.75) is 32.5 Å². The third-order valence-corrected chi connectivity index (χ3v) is 3.77. The predicted molar refractivity (Wildman–Crippen MR) is 77.2 cm³/mol. The van der Waals surface area contributed by atoms with E-state index in [9.17, 15) is 20.0 Å². The summed E-state index contributed by atoms with van der Waals surface area (Å²) in [5, 5.41) is 19.8. The number of nitro benzene ring substituents is 1. The third kappa shape index (κ3) is 3.49. The fourth-order valence-electron chi connectivity index (χ4n) is 2.92. The van der Waals surface area contributed by atoms with E-state index >= 15 is 0 Å². The standard InChI is InChI=1S/C14H19N3O4/c1-10-7-15(8-11(2)16(10)14(18)19)9-12-3-5-13(6-4-12)17(20)21/h3-6,10-11H,7-9H2,1-2H3,(H,18,19)/t10-,11+. The lowest BCUT2D eigenvalue weighted by Crippen LogP contribution is -2.57. The maximum atomic E-state index is 11.2. The Morgan fingerprint density at radius 1 is 1.29 bits per heavy atom. The van der Waals surface area contributed by atoms with Crippen LogP contribution in [-0.2, 0) is 6.54 Å². The zero-order valence-corrected chi connectivity index (χ0v) is 12.1. The van der Waals surface area contributed by atoms with Gasteiger partial charge in [0, 0.05) is 43.9 Å². The lowest BCUT2D eigenvalue weighted by atomic mass is 10.1. The first-order chi connectivity index (χ1) is 9.88. The molecule has 1 aliphatic rings. The summed E-state index contributed by atoms with van der Waals surface area (Å²) in [5.41, 5.74) is 1.07. The molecule has 1 saturated heterocycles. The fraction of sp³-hybridized carbons (Fsp3) is 0.500. The minimum Gasteiger partial charge on any atom is -0.465 e. The molecule has 1 aromatic rings. The molecular weight excluding hydrogens is 274 g/mol. The molecule has 0 aliphatic carbocycles. The van der Waals surface area contributed by atoms with E-state index in [0.717, 1.165) is 5.56 Å². The number of rotatable bonds is 3. The first-order valence-electron chi connectivity index (χ1n) is 6.85. The molecule has 1 N–H and O–H groups in total. The number of piperazine rings is 1. The second-order valence-electron chi connectivity index (χ2n) is 5.51. The molecule has 0 unspecified atom stereocenters. The molecule has 0 saturated carbocycles. The molecule has 1 heterocycles. The lowest BCUT2D eigenvalue weighted by molar-refractivity contribution is -0.384. The molecule has 0 bridgehead atoms. The van der Waals surface area contributed by atoms with Crippen LogP contribution in [0.15, 0.2) is 24.3 Å². The van der Waals surface area contributed by atoms with Crippen molar-refractivity contribution in [1.29, 1.82) is 0 Å². The predicted octanol–water partition coefficient (Wildman–Crippen LogP) is 2.17. The Bertz CT molecular complexity index is 520. The van der Waals surface area contributed by atoms with E-state index in [0.29, 0.717) is 19.6 Å². The van der Waals surface area contributed by atoms with Crippen LogP contribution in [0.25, 0.3) is 0 Å². The zero-order valence-electron chi connectivity index (χ0n) is 12.1. The third-order valence-electron chi connectivity index (χ3n) is 3.77. The highest BCUT2D eigenvalue weighted by Gasteiger charge is 2.32. The van der Waals surface area contributed by atoms with Gasteiger partial charge in [-0.3, -0.25) is 15.0 Å². The van der Waals surface area contributed by atoms with Crippen molar-refractivity contribution in [2.24, 2.45) is 0 Å². The van der Waals surface area contributed by atoms with Gasteiger partial charge >= 0.3 is 6.09 Å². The molecule has 1 aromatic carbocycles. The van der Waals surface area contributed by atoms with E-state index in [1.807, 2.05) is 13.8 Å². The van der Waals surface area contributed by atoms with Crippen LogP contribution in [0.2, 0.25) is 0 Å². The van der Waals surface area contributed by atoms with Gasteiger partial charge in [0.25, 0.3) is 5.69 Å². The first-order valence-corrected chi connectivity index (χ1v) is 6.85. The maximum absolute atomic E-state index is 11.2.